The highest BCUT2D eigenvalue weighted by molar-refractivity contribution is 7.57. The van der Waals surface area contributed by atoms with Crippen LogP contribution in [0.5, 0.6) is 0 Å². The van der Waals surface area contributed by atoms with Gasteiger partial charge in [-0.05, 0) is 25.0 Å². The third kappa shape index (κ3) is 2.15. The molecule has 0 radical (unpaired) electrons. The predicted octanol–water partition coefficient (Wildman–Crippen LogP) is 2.35. The summed E-state index contributed by atoms with van der Waals surface area (Å²) < 4.78 is 0. The minimum absolute atomic E-state index is 0.0347. The maximum Gasteiger partial charge on any atom is 0.143 e. The van der Waals surface area contributed by atoms with Crippen molar-refractivity contribution in [2.75, 3.05) is 13.3 Å². The van der Waals surface area contributed by atoms with E-state index >= 15 is 0 Å². The van der Waals surface area contributed by atoms with Gasteiger partial charge in [-0.2, -0.15) is 0 Å². The van der Waals surface area contributed by atoms with E-state index < -0.39 is 0 Å². The summed E-state index contributed by atoms with van der Waals surface area (Å²) in [6.45, 7) is 4.45. The molecule has 0 aromatic carbocycles. The molecule has 0 aliphatic heterocycles. The Balaban J connectivity index is 2.84. The predicted molar refractivity (Wildman–Crippen MR) is 55.0 cm³/mol. The fourth-order valence-electron chi connectivity index (χ4n) is 1.25. The van der Waals surface area contributed by atoms with Crippen LogP contribution in [0.3, 0.4) is 0 Å². The van der Waals surface area contributed by atoms with Crippen molar-refractivity contribution in [2.24, 2.45) is 0 Å². The molecule has 1 aliphatic carbocycles. The van der Waals surface area contributed by atoms with Crippen LogP contribution in [0.4, 0.5) is 0 Å². The van der Waals surface area contributed by atoms with Crippen molar-refractivity contribution in [2.45, 2.75) is 5.66 Å². The molecular formula is C10H13OP. The molecule has 0 spiro atoms. The molecule has 0 aromatic heterocycles. The first kappa shape index (κ1) is 9.41. The molecule has 64 valence electrons. The van der Waals surface area contributed by atoms with Gasteiger partial charge in [0.25, 0.3) is 0 Å². The lowest BCUT2D eigenvalue weighted by molar-refractivity contribution is -0.104. The fourth-order valence-corrected chi connectivity index (χ4v) is 2.46. The number of aldehydes is 1. The van der Waals surface area contributed by atoms with Gasteiger partial charge in [-0.1, -0.05) is 24.3 Å². The average molecular weight is 180 g/mol. The van der Waals surface area contributed by atoms with E-state index in [0.29, 0.717) is 5.66 Å². The van der Waals surface area contributed by atoms with Crippen LogP contribution < -0.4 is 0 Å². The molecule has 0 bridgehead atoms. The Labute approximate surface area is 74.6 Å². The Bertz CT molecular complexity index is 249. The van der Waals surface area contributed by atoms with Crippen molar-refractivity contribution < 1.29 is 4.79 Å². The van der Waals surface area contributed by atoms with E-state index in [-0.39, 0.29) is 7.92 Å². The van der Waals surface area contributed by atoms with E-state index in [1.54, 1.807) is 6.08 Å². The first-order chi connectivity index (χ1) is 5.75. The van der Waals surface area contributed by atoms with Gasteiger partial charge in [0.05, 0.1) is 0 Å². The van der Waals surface area contributed by atoms with Gasteiger partial charge in [0.2, 0.25) is 0 Å². The summed E-state index contributed by atoms with van der Waals surface area (Å²) in [6.07, 6.45) is 10.7. The van der Waals surface area contributed by atoms with Crippen LogP contribution in [-0.4, -0.2) is 25.3 Å². The Hall–Kier alpha value is -0.680. The van der Waals surface area contributed by atoms with Crippen LogP contribution in [-0.2, 0) is 4.79 Å². The lowest BCUT2D eigenvalue weighted by Gasteiger charge is -2.20. The van der Waals surface area contributed by atoms with E-state index in [2.05, 4.69) is 25.5 Å². The van der Waals surface area contributed by atoms with Crippen molar-refractivity contribution in [3.8, 4) is 0 Å². The zero-order chi connectivity index (χ0) is 8.97. The van der Waals surface area contributed by atoms with Crippen LogP contribution in [0.1, 0.15) is 0 Å². The van der Waals surface area contributed by atoms with Gasteiger partial charge in [0, 0.05) is 5.66 Å². The summed E-state index contributed by atoms with van der Waals surface area (Å²) in [4.78, 5) is 10.3. The Morgan fingerprint density at radius 1 is 1.42 bits per heavy atom. The van der Waals surface area contributed by atoms with E-state index in [9.17, 15) is 4.79 Å². The summed E-state index contributed by atoms with van der Waals surface area (Å²) in [6, 6.07) is 0. The standard InChI is InChI=1S/C10H13OP/c1-12(2)10-6-4-3-5-9(10)7-8-11/h3-8,10H,1-2H3. The Morgan fingerprint density at radius 2 is 2.17 bits per heavy atom. The van der Waals surface area contributed by atoms with Gasteiger partial charge >= 0.3 is 0 Å². The molecule has 1 rings (SSSR count). The highest BCUT2D eigenvalue weighted by Gasteiger charge is 2.13. The highest BCUT2D eigenvalue weighted by atomic mass is 31.1. The molecule has 0 amide bonds. The third-order valence-electron chi connectivity index (χ3n) is 1.85. The van der Waals surface area contributed by atoms with Crippen molar-refractivity contribution in [3.05, 3.63) is 36.0 Å². The van der Waals surface area contributed by atoms with E-state index in [0.717, 1.165) is 11.9 Å². The zero-order valence-electron chi connectivity index (χ0n) is 7.40. The van der Waals surface area contributed by atoms with Crippen LogP contribution in [0, 0.1) is 0 Å². The number of hydrogen-bond donors (Lipinski definition) is 0. The van der Waals surface area contributed by atoms with Gasteiger partial charge in [0.15, 0.2) is 0 Å². The van der Waals surface area contributed by atoms with Gasteiger partial charge < -0.3 is 0 Å². The largest absolute Gasteiger partial charge is 0.299 e. The normalized spacial score (nSPS) is 25.2. The molecule has 0 fully saturated rings. The fraction of sp³-hybridized carbons (Fsp3) is 0.300. The topological polar surface area (TPSA) is 17.1 Å². The summed E-state index contributed by atoms with van der Waals surface area (Å²) in [5.41, 5.74) is 1.61. The molecule has 1 atom stereocenters. The molecule has 0 aromatic rings. The van der Waals surface area contributed by atoms with Crippen LogP contribution in [0.15, 0.2) is 36.0 Å². The van der Waals surface area contributed by atoms with Crippen molar-refractivity contribution >= 4 is 14.2 Å². The van der Waals surface area contributed by atoms with Crippen LogP contribution >= 0.6 is 7.92 Å². The number of carbonyl (C=O) groups is 1. The van der Waals surface area contributed by atoms with Crippen molar-refractivity contribution in [1.29, 1.82) is 0 Å². The third-order valence-corrected chi connectivity index (χ3v) is 3.43. The second-order valence-electron chi connectivity index (χ2n) is 2.96. The summed E-state index contributed by atoms with van der Waals surface area (Å²) in [7, 11) is -0.0347. The molecular weight excluding hydrogens is 167 g/mol. The minimum Gasteiger partial charge on any atom is -0.299 e. The second kappa shape index (κ2) is 4.37. The maximum atomic E-state index is 10.3. The minimum atomic E-state index is -0.0347. The van der Waals surface area contributed by atoms with Crippen LogP contribution in [0.25, 0.3) is 0 Å². The average Bonchev–Trinajstić information content (AvgIpc) is 2.05. The molecule has 1 unspecified atom stereocenters. The lowest BCUT2D eigenvalue weighted by Crippen LogP contribution is -2.05. The molecule has 0 heterocycles. The van der Waals surface area contributed by atoms with Gasteiger partial charge in [-0.25, -0.2) is 0 Å². The van der Waals surface area contributed by atoms with Gasteiger partial charge in [0.1, 0.15) is 6.29 Å². The highest BCUT2D eigenvalue weighted by Crippen LogP contribution is 2.39. The van der Waals surface area contributed by atoms with E-state index in [4.69, 9.17) is 0 Å². The van der Waals surface area contributed by atoms with E-state index in [1.165, 1.54) is 0 Å². The molecule has 0 saturated heterocycles. The van der Waals surface area contributed by atoms with Crippen LogP contribution in [0.2, 0.25) is 0 Å². The van der Waals surface area contributed by atoms with Crippen molar-refractivity contribution in [3.63, 3.8) is 0 Å². The molecule has 12 heavy (non-hydrogen) atoms. The van der Waals surface area contributed by atoms with Crippen molar-refractivity contribution in [1.82, 2.24) is 0 Å². The molecule has 1 nitrogen and oxygen atoms in total. The summed E-state index contributed by atoms with van der Waals surface area (Å²) >= 11 is 0. The first-order valence-corrected chi connectivity index (χ1v) is 6.23. The monoisotopic (exact) mass is 180 g/mol. The summed E-state index contributed by atoms with van der Waals surface area (Å²) in [5.74, 6) is 0. The number of rotatable bonds is 2. The quantitative estimate of drug-likeness (QED) is 0.362. The molecule has 0 saturated carbocycles. The number of carbonyl (C=O) groups excluding carboxylic acids is 1. The first-order valence-electron chi connectivity index (χ1n) is 3.92. The van der Waals surface area contributed by atoms with Gasteiger partial charge in [-0.3, -0.25) is 4.79 Å². The number of allylic oxidation sites excluding steroid dienone is 6. The molecule has 2 heteroatoms. The summed E-state index contributed by atoms with van der Waals surface area (Å²) in [5, 5.41) is 0. The molecule has 1 aliphatic rings. The second-order valence-corrected chi connectivity index (χ2v) is 5.44. The molecule has 0 N–H and O–H groups in total. The Kier molecular flexibility index (Phi) is 3.43. The lowest BCUT2D eigenvalue weighted by atomic mass is 10.1. The van der Waals surface area contributed by atoms with E-state index in [1.807, 2.05) is 12.2 Å². The zero-order valence-corrected chi connectivity index (χ0v) is 8.29. The smallest absolute Gasteiger partial charge is 0.143 e. The maximum absolute atomic E-state index is 10.3. The Morgan fingerprint density at radius 3 is 2.75 bits per heavy atom. The number of hydrogen-bond acceptors (Lipinski definition) is 1. The SMILES string of the molecule is CP(C)C1C=CC=CC1=CC=O. The van der Waals surface area contributed by atoms with Gasteiger partial charge in [-0.15, -0.1) is 7.92 Å².